The van der Waals surface area contributed by atoms with Crippen LogP contribution in [0.4, 0.5) is 5.13 Å². The first-order valence-electron chi connectivity index (χ1n) is 8.19. The summed E-state index contributed by atoms with van der Waals surface area (Å²) in [4.78, 5) is 32.3. The first kappa shape index (κ1) is 16.2. The Hall–Kier alpha value is -2.96. The minimum absolute atomic E-state index is 0.0545. The molecule has 3 heterocycles. The van der Waals surface area contributed by atoms with Gasteiger partial charge in [-0.2, -0.15) is 0 Å². The van der Waals surface area contributed by atoms with Crippen LogP contribution in [-0.2, 0) is 0 Å². The maximum atomic E-state index is 13.3. The van der Waals surface area contributed by atoms with Crippen LogP contribution < -0.4 is 10.3 Å². The van der Waals surface area contributed by atoms with Gasteiger partial charge in [-0.05, 0) is 23.8 Å². The van der Waals surface area contributed by atoms with Crippen LogP contribution in [0, 0.1) is 0 Å². The van der Waals surface area contributed by atoms with E-state index in [1.165, 1.54) is 16.2 Å². The summed E-state index contributed by atoms with van der Waals surface area (Å²) in [5.41, 5.74) is 1.21. The van der Waals surface area contributed by atoms with Crippen molar-refractivity contribution >= 4 is 44.9 Å². The number of hydrogen-bond donors (Lipinski definition) is 0. The molecule has 1 aliphatic rings. The van der Waals surface area contributed by atoms with E-state index in [0.29, 0.717) is 26.7 Å². The zero-order chi connectivity index (χ0) is 18.5. The van der Waals surface area contributed by atoms with Crippen LogP contribution in [-0.4, -0.2) is 10.9 Å². The van der Waals surface area contributed by atoms with Crippen molar-refractivity contribution in [3.05, 3.63) is 92.2 Å². The van der Waals surface area contributed by atoms with E-state index in [2.05, 4.69) is 4.98 Å². The zero-order valence-electron chi connectivity index (χ0n) is 13.8. The lowest BCUT2D eigenvalue weighted by Gasteiger charge is -2.22. The van der Waals surface area contributed by atoms with Crippen molar-refractivity contribution in [2.45, 2.75) is 6.04 Å². The molecule has 4 aromatic rings. The highest BCUT2D eigenvalue weighted by Gasteiger charge is 2.44. The van der Waals surface area contributed by atoms with Gasteiger partial charge in [0.1, 0.15) is 5.58 Å². The predicted octanol–water partition coefficient (Wildman–Crippen LogP) is 4.65. The fourth-order valence-electron chi connectivity index (χ4n) is 3.43. The molecule has 132 valence electrons. The lowest BCUT2D eigenvalue weighted by atomic mass is 9.99. The summed E-state index contributed by atoms with van der Waals surface area (Å²) in [6.07, 6.45) is 1.63. The normalized spacial score (nSPS) is 16.1. The largest absolute Gasteiger partial charge is 0.450 e. The summed E-state index contributed by atoms with van der Waals surface area (Å²) >= 11 is 7.40. The monoisotopic (exact) mass is 394 g/mol. The number of benzene rings is 2. The molecular weight excluding hydrogens is 384 g/mol. The Balaban J connectivity index is 1.85. The number of carbonyl (C=O) groups excluding carboxylic acids is 1. The molecule has 0 aliphatic carbocycles. The molecule has 27 heavy (non-hydrogen) atoms. The lowest BCUT2D eigenvalue weighted by Crippen LogP contribution is -2.29. The molecule has 1 atom stereocenters. The molecule has 1 unspecified atom stereocenters. The molecule has 0 saturated carbocycles. The SMILES string of the molecule is O=C1c2oc3ccc(Cl)cc3c(=O)c2C(c2ccccc2)N1c1nccs1. The van der Waals surface area contributed by atoms with Crippen molar-refractivity contribution < 1.29 is 9.21 Å². The lowest BCUT2D eigenvalue weighted by molar-refractivity contribution is 0.0971. The molecule has 2 aromatic heterocycles. The van der Waals surface area contributed by atoms with Crippen LogP contribution in [0.1, 0.15) is 27.7 Å². The molecule has 1 aliphatic heterocycles. The second kappa shape index (κ2) is 6.04. The minimum Gasteiger partial charge on any atom is -0.450 e. The molecular formula is C20H11ClN2O3S. The fourth-order valence-corrected chi connectivity index (χ4v) is 4.27. The molecule has 0 fully saturated rings. The van der Waals surface area contributed by atoms with Crippen LogP contribution in [0.3, 0.4) is 0 Å². The van der Waals surface area contributed by atoms with Crippen LogP contribution in [0.25, 0.3) is 11.0 Å². The fraction of sp³-hybridized carbons (Fsp3) is 0.0500. The summed E-state index contributed by atoms with van der Waals surface area (Å²) in [7, 11) is 0. The Morgan fingerprint density at radius 1 is 1.11 bits per heavy atom. The number of aromatic nitrogens is 1. The van der Waals surface area contributed by atoms with Gasteiger partial charge < -0.3 is 4.42 Å². The Labute approximate surface area is 162 Å². The number of thiazole rings is 1. The molecule has 0 N–H and O–H groups in total. The summed E-state index contributed by atoms with van der Waals surface area (Å²) in [6, 6.07) is 13.6. The van der Waals surface area contributed by atoms with E-state index in [-0.39, 0.29) is 17.1 Å². The molecule has 0 spiro atoms. The van der Waals surface area contributed by atoms with Gasteiger partial charge in [0.2, 0.25) is 5.76 Å². The first-order valence-corrected chi connectivity index (χ1v) is 9.45. The third-order valence-electron chi connectivity index (χ3n) is 4.57. The molecule has 2 aromatic carbocycles. The number of anilines is 1. The van der Waals surface area contributed by atoms with E-state index in [4.69, 9.17) is 16.0 Å². The van der Waals surface area contributed by atoms with Crippen molar-refractivity contribution in [2.75, 3.05) is 4.90 Å². The van der Waals surface area contributed by atoms with Gasteiger partial charge in [0.15, 0.2) is 10.6 Å². The second-order valence-electron chi connectivity index (χ2n) is 6.12. The highest BCUT2D eigenvalue weighted by atomic mass is 35.5. The van der Waals surface area contributed by atoms with Crippen LogP contribution >= 0.6 is 22.9 Å². The number of fused-ring (bicyclic) bond motifs is 2. The maximum Gasteiger partial charge on any atom is 0.297 e. The average molecular weight is 395 g/mol. The summed E-state index contributed by atoms with van der Waals surface area (Å²) in [6.45, 7) is 0. The standard InChI is InChI=1S/C20H11ClN2O3S/c21-12-6-7-14-13(10-12)17(24)15-16(11-4-2-1-3-5-11)23(19(25)18(15)26-14)20-22-8-9-27-20/h1-10,16H. The average Bonchev–Trinajstić information content (AvgIpc) is 3.30. The molecule has 0 saturated heterocycles. The molecule has 5 rings (SSSR count). The van der Waals surface area contributed by atoms with Gasteiger partial charge in [-0.25, -0.2) is 4.98 Å². The summed E-state index contributed by atoms with van der Waals surface area (Å²) < 4.78 is 5.86. The quantitative estimate of drug-likeness (QED) is 0.496. The first-order chi connectivity index (χ1) is 13.1. The topological polar surface area (TPSA) is 63.4 Å². The number of carbonyl (C=O) groups is 1. The van der Waals surface area contributed by atoms with Gasteiger partial charge in [0, 0.05) is 16.6 Å². The van der Waals surface area contributed by atoms with Crippen molar-refractivity contribution in [1.29, 1.82) is 0 Å². The van der Waals surface area contributed by atoms with Gasteiger partial charge in [-0.1, -0.05) is 41.9 Å². The minimum atomic E-state index is -0.598. The molecule has 1 amide bonds. The smallest absolute Gasteiger partial charge is 0.297 e. The number of hydrogen-bond acceptors (Lipinski definition) is 5. The van der Waals surface area contributed by atoms with Gasteiger partial charge >= 0.3 is 0 Å². The second-order valence-corrected chi connectivity index (χ2v) is 7.43. The third kappa shape index (κ3) is 2.41. The Kier molecular flexibility index (Phi) is 3.63. The highest BCUT2D eigenvalue weighted by Crippen LogP contribution is 2.41. The third-order valence-corrected chi connectivity index (χ3v) is 5.58. The van der Waals surface area contributed by atoms with Crippen molar-refractivity contribution in [2.24, 2.45) is 0 Å². The number of amides is 1. The summed E-state index contributed by atoms with van der Waals surface area (Å²) in [5, 5.41) is 3.10. The van der Waals surface area contributed by atoms with Crippen molar-refractivity contribution in [3.63, 3.8) is 0 Å². The van der Waals surface area contributed by atoms with Gasteiger partial charge in [0.05, 0.1) is 17.0 Å². The van der Waals surface area contributed by atoms with Crippen LogP contribution in [0.15, 0.2) is 69.3 Å². The molecule has 7 heteroatoms. The van der Waals surface area contributed by atoms with Crippen molar-refractivity contribution in [1.82, 2.24) is 4.98 Å². The molecule has 5 nitrogen and oxygen atoms in total. The van der Waals surface area contributed by atoms with E-state index < -0.39 is 6.04 Å². The van der Waals surface area contributed by atoms with Gasteiger partial charge in [0.25, 0.3) is 5.91 Å². The Morgan fingerprint density at radius 3 is 2.67 bits per heavy atom. The zero-order valence-corrected chi connectivity index (χ0v) is 15.3. The van der Waals surface area contributed by atoms with E-state index >= 15 is 0 Å². The van der Waals surface area contributed by atoms with E-state index in [0.717, 1.165) is 5.56 Å². The van der Waals surface area contributed by atoms with Gasteiger partial charge in [-0.15, -0.1) is 11.3 Å². The van der Waals surface area contributed by atoms with Crippen LogP contribution in [0.5, 0.6) is 0 Å². The predicted molar refractivity (Wildman–Crippen MR) is 105 cm³/mol. The number of rotatable bonds is 2. The Morgan fingerprint density at radius 2 is 1.93 bits per heavy atom. The summed E-state index contributed by atoms with van der Waals surface area (Å²) in [5.74, 6) is -0.318. The number of nitrogens with zero attached hydrogens (tertiary/aromatic N) is 2. The van der Waals surface area contributed by atoms with E-state index in [9.17, 15) is 9.59 Å². The maximum absolute atomic E-state index is 13.3. The van der Waals surface area contributed by atoms with E-state index in [1.807, 2.05) is 30.3 Å². The van der Waals surface area contributed by atoms with E-state index in [1.54, 1.807) is 29.8 Å². The number of halogens is 1. The molecule has 0 bridgehead atoms. The van der Waals surface area contributed by atoms with Crippen LogP contribution in [0.2, 0.25) is 5.02 Å². The highest BCUT2D eigenvalue weighted by molar-refractivity contribution is 7.13. The Bertz CT molecular complexity index is 1240. The molecule has 0 radical (unpaired) electrons. The van der Waals surface area contributed by atoms with Crippen molar-refractivity contribution in [3.8, 4) is 0 Å². The van der Waals surface area contributed by atoms with Gasteiger partial charge in [-0.3, -0.25) is 14.5 Å².